The van der Waals surface area contributed by atoms with E-state index in [1.165, 1.54) is 12.5 Å². The van der Waals surface area contributed by atoms with Gasteiger partial charge in [-0.05, 0) is 0 Å². The number of hydrogen-bond donors (Lipinski definition) is 1. The van der Waals surface area contributed by atoms with Gasteiger partial charge >= 0.3 is 0 Å². The molecule has 6 nitrogen and oxygen atoms in total. The van der Waals surface area contributed by atoms with Crippen LogP contribution >= 0.6 is 0 Å². The number of nitrogen functional groups attached to an aromatic ring is 1. The van der Waals surface area contributed by atoms with Gasteiger partial charge in [-0.25, -0.2) is 9.97 Å². The first-order chi connectivity index (χ1) is 9.83. The molecule has 6 heteroatoms. The lowest BCUT2D eigenvalue weighted by Gasteiger charge is -2.15. The lowest BCUT2D eigenvalue weighted by molar-refractivity contribution is 0.200. The number of aromatic nitrogens is 3. The first-order valence-corrected chi connectivity index (χ1v) is 6.02. The van der Waals surface area contributed by atoms with Crippen LogP contribution in [0.25, 0.3) is 0 Å². The Bertz CT molecular complexity index is 671. The van der Waals surface area contributed by atoms with Crippen molar-refractivity contribution in [3.63, 3.8) is 0 Å². The smallest absolute Gasteiger partial charge is 0.240 e. The summed E-state index contributed by atoms with van der Waals surface area (Å²) in [7, 11) is 0. The van der Waals surface area contributed by atoms with Crippen molar-refractivity contribution in [2.75, 3.05) is 5.73 Å². The predicted octanol–water partition coefficient (Wildman–Crippen LogP) is 2.22. The first kappa shape index (κ1) is 12.2. The molecule has 20 heavy (non-hydrogen) atoms. The molecule has 0 saturated carbocycles. The minimum atomic E-state index is -0.486. The number of benzene rings is 1. The van der Waals surface area contributed by atoms with Gasteiger partial charge < -0.3 is 14.9 Å². The summed E-state index contributed by atoms with van der Waals surface area (Å²) in [6.45, 7) is 0. The Kier molecular flexibility index (Phi) is 3.28. The van der Waals surface area contributed by atoms with Crippen LogP contribution in [-0.2, 0) is 0 Å². The van der Waals surface area contributed by atoms with Gasteiger partial charge in [0.25, 0.3) is 0 Å². The van der Waals surface area contributed by atoms with Gasteiger partial charge in [-0.1, -0.05) is 30.3 Å². The van der Waals surface area contributed by atoms with Crippen LogP contribution in [0.5, 0.6) is 5.88 Å². The normalized spacial score (nSPS) is 12.0. The molecule has 2 heterocycles. The van der Waals surface area contributed by atoms with Crippen LogP contribution in [0.4, 0.5) is 5.95 Å². The predicted molar refractivity (Wildman–Crippen MR) is 71.9 cm³/mol. The molecule has 0 fully saturated rings. The number of oxazole rings is 1. The molecule has 1 aromatic carbocycles. The number of ether oxygens (including phenoxy) is 1. The molecule has 1 atom stereocenters. The summed E-state index contributed by atoms with van der Waals surface area (Å²) in [5.74, 6) is 0.972. The summed E-state index contributed by atoms with van der Waals surface area (Å²) in [5, 5.41) is 0. The minimum absolute atomic E-state index is 0.154. The van der Waals surface area contributed by atoms with Crippen LogP contribution in [0.3, 0.4) is 0 Å². The highest BCUT2D eigenvalue weighted by atomic mass is 16.5. The lowest BCUT2D eigenvalue weighted by Crippen LogP contribution is -2.11. The van der Waals surface area contributed by atoms with Crippen molar-refractivity contribution < 1.29 is 9.15 Å². The summed E-state index contributed by atoms with van der Waals surface area (Å²) in [4.78, 5) is 12.0. The Morgan fingerprint density at radius 1 is 1.05 bits per heavy atom. The van der Waals surface area contributed by atoms with Crippen molar-refractivity contribution in [2.24, 2.45) is 0 Å². The van der Waals surface area contributed by atoms with E-state index < -0.39 is 6.10 Å². The van der Waals surface area contributed by atoms with E-state index in [-0.39, 0.29) is 5.95 Å². The molecule has 0 bridgehead atoms. The van der Waals surface area contributed by atoms with Crippen LogP contribution in [0.1, 0.15) is 17.6 Å². The van der Waals surface area contributed by atoms with E-state index in [0.29, 0.717) is 11.8 Å². The molecular formula is C14H12N4O2. The van der Waals surface area contributed by atoms with Gasteiger partial charge in [0, 0.05) is 17.8 Å². The number of nitrogens with two attached hydrogens (primary N) is 1. The maximum Gasteiger partial charge on any atom is 0.240 e. The van der Waals surface area contributed by atoms with Gasteiger partial charge in [-0.2, -0.15) is 4.98 Å². The van der Waals surface area contributed by atoms with Gasteiger partial charge in [0.1, 0.15) is 6.26 Å². The molecule has 2 N–H and O–H groups in total. The third-order valence-electron chi connectivity index (χ3n) is 2.67. The third-order valence-corrected chi connectivity index (χ3v) is 2.67. The van der Waals surface area contributed by atoms with E-state index in [2.05, 4.69) is 15.0 Å². The van der Waals surface area contributed by atoms with Crippen molar-refractivity contribution >= 4 is 5.95 Å². The molecule has 0 radical (unpaired) electrons. The number of anilines is 1. The number of nitrogens with zero attached hydrogens (tertiary/aromatic N) is 3. The first-order valence-electron chi connectivity index (χ1n) is 6.02. The molecule has 3 rings (SSSR count). The monoisotopic (exact) mass is 268 g/mol. The van der Waals surface area contributed by atoms with Gasteiger partial charge in [0.05, 0.1) is 6.20 Å². The standard InChI is InChI=1S/C14H12N4O2/c15-14-17-7-6-11(18-14)20-12(13-16-8-9-19-13)10-4-2-1-3-5-10/h1-9,12H,(H2,15,17,18). The maximum atomic E-state index is 5.84. The molecule has 1 unspecified atom stereocenters. The molecule has 0 aliphatic heterocycles. The molecule has 0 aliphatic rings. The Morgan fingerprint density at radius 3 is 2.60 bits per heavy atom. The van der Waals surface area contributed by atoms with Crippen LogP contribution in [0, 0.1) is 0 Å². The zero-order chi connectivity index (χ0) is 13.8. The Balaban J connectivity index is 1.95. The third kappa shape index (κ3) is 2.59. The van der Waals surface area contributed by atoms with Crippen molar-refractivity contribution in [2.45, 2.75) is 6.10 Å². The molecule has 0 saturated heterocycles. The molecule has 0 amide bonds. The molecule has 3 aromatic rings. The second-order valence-electron chi connectivity index (χ2n) is 4.03. The fourth-order valence-electron chi connectivity index (χ4n) is 1.80. The number of rotatable bonds is 4. The average Bonchev–Trinajstić information content (AvgIpc) is 3.00. The van der Waals surface area contributed by atoms with Crippen molar-refractivity contribution in [3.05, 3.63) is 66.5 Å². The van der Waals surface area contributed by atoms with Crippen LogP contribution in [-0.4, -0.2) is 15.0 Å². The topological polar surface area (TPSA) is 87.1 Å². The largest absolute Gasteiger partial charge is 0.459 e. The van der Waals surface area contributed by atoms with Crippen LogP contribution in [0.2, 0.25) is 0 Å². The van der Waals surface area contributed by atoms with Crippen LogP contribution in [0.15, 0.2) is 59.5 Å². The Morgan fingerprint density at radius 2 is 1.90 bits per heavy atom. The van der Waals surface area contributed by atoms with Gasteiger partial charge in [0.2, 0.25) is 23.8 Å². The Hall–Kier alpha value is -2.89. The quantitative estimate of drug-likeness (QED) is 0.780. The van der Waals surface area contributed by atoms with Gasteiger partial charge in [-0.3, -0.25) is 0 Å². The molecule has 0 spiro atoms. The summed E-state index contributed by atoms with van der Waals surface area (Å²) < 4.78 is 11.2. The lowest BCUT2D eigenvalue weighted by atomic mass is 10.1. The molecule has 0 aliphatic carbocycles. The van der Waals surface area contributed by atoms with Gasteiger partial charge in [-0.15, -0.1) is 0 Å². The maximum absolute atomic E-state index is 5.84. The van der Waals surface area contributed by atoms with E-state index >= 15 is 0 Å². The number of hydrogen-bond acceptors (Lipinski definition) is 6. The second kappa shape index (κ2) is 5.40. The Labute approximate surface area is 115 Å². The van der Waals surface area contributed by atoms with E-state index in [1.807, 2.05) is 30.3 Å². The highest BCUT2D eigenvalue weighted by molar-refractivity contribution is 5.26. The van der Waals surface area contributed by atoms with Gasteiger partial charge in [0.15, 0.2) is 0 Å². The SMILES string of the molecule is Nc1nccc(OC(c2ccccc2)c2ncco2)n1. The summed E-state index contributed by atoms with van der Waals surface area (Å²) in [6.07, 6.45) is 4.13. The second-order valence-corrected chi connectivity index (χ2v) is 4.03. The highest BCUT2D eigenvalue weighted by Crippen LogP contribution is 2.26. The summed E-state index contributed by atoms with van der Waals surface area (Å²) in [5.41, 5.74) is 6.46. The van der Waals surface area contributed by atoms with E-state index in [0.717, 1.165) is 5.56 Å². The van der Waals surface area contributed by atoms with Crippen LogP contribution < -0.4 is 10.5 Å². The average molecular weight is 268 g/mol. The fraction of sp³-hybridized carbons (Fsp3) is 0.0714. The molecule has 100 valence electrons. The van der Waals surface area contributed by atoms with Crippen molar-refractivity contribution in [1.29, 1.82) is 0 Å². The van der Waals surface area contributed by atoms with E-state index in [4.69, 9.17) is 14.9 Å². The van der Waals surface area contributed by atoms with E-state index in [9.17, 15) is 0 Å². The molecular weight excluding hydrogens is 256 g/mol. The highest BCUT2D eigenvalue weighted by Gasteiger charge is 2.21. The van der Waals surface area contributed by atoms with Crippen molar-refractivity contribution in [3.8, 4) is 5.88 Å². The van der Waals surface area contributed by atoms with E-state index in [1.54, 1.807) is 12.3 Å². The summed E-state index contributed by atoms with van der Waals surface area (Å²) in [6, 6.07) is 11.3. The van der Waals surface area contributed by atoms with Crippen molar-refractivity contribution in [1.82, 2.24) is 15.0 Å². The molecule has 2 aromatic heterocycles. The zero-order valence-corrected chi connectivity index (χ0v) is 10.5. The zero-order valence-electron chi connectivity index (χ0n) is 10.5. The fourth-order valence-corrected chi connectivity index (χ4v) is 1.80. The summed E-state index contributed by atoms with van der Waals surface area (Å²) >= 11 is 0. The minimum Gasteiger partial charge on any atom is -0.459 e.